The second kappa shape index (κ2) is 11.3. The number of nitrogens with one attached hydrogen (secondary N) is 2. The minimum atomic E-state index is -0.350. The topological polar surface area (TPSA) is 68.8 Å². The zero-order valence-corrected chi connectivity index (χ0v) is 17.2. The van der Waals surface area contributed by atoms with Gasteiger partial charge in [-0.1, -0.05) is 25.1 Å². The van der Waals surface area contributed by atoms with E-state index in [9.17, 15) is 4.79 Å². The summed E-state index contributed by atoms with van der Waals surface area (Å²) in [4.78, 5) is 12.6. The molecule has 0 aliphatic rings. The third-order valence-electron chi connectivity index (χ3n) is 3.91. The molecule has 0 saturated carbocycles. The Bertz CT molecular complexity index is 797. The van der Waals surface area contributed by atoms with Crippen molar-refractivity contribution in [2.75, 3.05) is 25.6 Å². The third-order valence-corrected chi connectivity index (χ3v) is 4.11. The van der Waals surface area contributed by atoms with E-state index in [-0.39, 0.29) is 17.1 Å². The number of carbonyl (C=O) groups excluding carboxylic acids is 1. The molecule has 150 valence electrons. The van der Waals surface area contributed by atoms with Crippen molar-refractivity contribution in [2.24, 2.45) is 0 Å². The lowest BCUT2D eigenvalue weighted by Crippen LogP contribution is -2.34. The number of para-hydroxylation sites is 1. The quantitative estimate of drug-likeness (QED) is 0.488. The number of carbonyl (C=O) groups is 1. The Hall–Kier alpha value is -2.64. The number of anilines is 1. The van der Waals surface area contributed by atoms with Crippen molar-refractivity contribution in [3.05, 3.63) is 54.1 Å². The van der Waals surface area contributed by atoms with Gasteiger partial charge in [-0.05, 0) is 49.8 Å². The highest BCUT2D eigenvalue weighted by molar-refractivity contribution is 7.80. The van der Waals surface area contributed by atoms with Crippen LogP contribution < -0.4 is 20.1 Å². The molecule has 0 bridgehead atoms. The van der Waals surface area contributed by atoms with Crippen LogP contribution >= 0.6 is 12.2 Å². The molecular formula is C21H26N2O4S. The van der Waals surface area contributed by atoms with Crippen LogP contribution in [0.15, 0.2) is 48.5 Å². The van der Waals surface area contributed by atoms with Gasteiger partial charge in [0, 0.05) is 18.9 Å². The number of ether oxygens (including phenoxy) is 3. The molecule has 0 aliphatic heterocycles. The molecule has 1 unspecified atom stereocenters. The summed E-state index contributed by atoms with van der Waals surface area (Å²) in [5.74, 6) is 0.867. The summed E-state index contributed by atoms with van der Waals surface area (Å²) in [5, 5.41) is 5.87. The minimum absolute atomic E-state index is 0.122. The van der Waals surface area contributed by atoms with Gasteiger partial charge in [0.2, 0.25) is 0 Å². The van der Waals surface area contributed by atoms with Crippen LogP contribution in [0.4, 0.5) is 5.69 Å². The zero-order chi connectivity index (χ0) is 20.4. The number of amides is 1. The molecule has 0 aliphatic carbocycles. The van der Waals surface area contributed by atoms with Gasteiger partial charge in [0.1, 0.15) is 18.1 Å². The lowest BCUT2D eigenvalue weighted by Gasteiger charge is -2.15. The van der Waals surface area contributed by atoms with Crippen molar-refractivity contribution in [1.29, 1.82) is 0 Å². The Morgan fingerprint density at radius 1 is 1.14 bits per heavy atom. The van der Waals surface area contributed by atoms with Crippen LogP contribution in [0.2, 0.25) is 0 Å². The summed E-state index contributed by atoms with van der Waals surface area (Å²) in [6.45, 7) is 4.86. The van der Waals surface area contributed by atoms with Gasteiger partial charge >= 0.3 is 0 Å². The maximum absolute atomic E-state index is 12.6. The highest BCUT2D eigenvalue weighted by atomic mass is 32.1. The fraction of sp³-hybridized carbons (Fsp3) is 0.333. The van der Waals surface area contributed by atoms with Gasteiger partial charge in [0.25, 0.3) is 5.91 Å². The van der Waals surface area contributed by atoms with E-state index in [1.54, 1.807) is 31.4 Å². The van der Waals surface area contributed by atoms with Crippen molar-refractivity contribution in [1.82, 2.24) is 5.32 Å². The highest BCUT2D eigenvalue weighted by Gasteiger charge is 2.14. The first kappa shape index (κ1) is 21.7. The maximum atomic E-state index is 12.6. The van der Waals surface area contributed by atoms with Crippen molar-refractivity contribution >= 4 is 28.9 Å². The standard InChI is InChI=1S/C21H26N2O4S/c1-4-15(2)27-17-9-7-8-16(14-17)22-21(28)23-20(24)18-10-5-6-11-19(18)26-13-12-25-3/h5-11,14-15H,4,12-13H2,1-3H3,(H2,22,23,24,28). The molecule has 0 fully saturated rings. The molecule has 6 nitrogen and oxygen atoms in total. The normalized spacial score (nSPS) is 11.4. The van der Waals surface area contributed by atoms with Gasteiger partial charge < -0.3 is 19.5 Å². The van der Waals surface area contributed by atoms with E-state index in [4.69, 9.17) is 26.4 Å². The van der Waals surface area contributed by atoms with E-state index in [1.807, 2.05) is 31.2 Å². The first-order valence-electron chi connectivity index (χ1n) is 9.13. The predicted octanol–water partition coefficient (Wildman–Crippen LogP) is 4.02. The zero-order valence-electron chi connectivity index (χ0n) is 16.4. The second-order valence-corrected chi connectivity index (χ2v) is 6.52. The van der Waals surface area contributed by atoms with Gasteiger partial charge in [0.15, 0.2) is 5.11 Å². The molecule has 1 atom stereocenters. The third kappa shape index (κ3) is 6.83. The fourth-order valence-electron chi connectivity index (χ4n) is 2.31. The van der Waals surface area contributed by atoms with Crippen molar-refractivity contribution in [3.8, 4) is 11.5 Å². The fourth-order valence-corrected chi connectivity index (χ4v) is 2.52. The lowest BCUT2D eigenvalue weighted by atomic mass is 10.2. The van der Waals surface area contributed by atoms with E-state index in [2.05, 4.69) is 17.6 Å². The number of hydrogen-bond donors (Lipinski definition) is 2. The first-order chi connectivity index (χ1) is 13.5. The van der Waals surface area contributed by atoms with E-state index >= 15 is 0 Å². The first-order valence-corrected chi connectivity index (χ1v) is 9.54. The van der Waals surface area contributed by atoms with Crippen LogP contribution in [0.25, 0.3) is 0 Å². The van der Waals surface area contributed by atoms with Crippen molar-refractivity contribution < 1.29 is 19.0 Å². The Morgan fingerprint density at radius 2 is 1.93 bits per heavy atom. The maximum Gasteiger partial charge on any atom is 0.261 e. The second-order valence-electron chi connectivity index (χ2n) is 6.11. The Morgan fingerprint density at radius 3 is 2.68 bits per heavy atom. The van der Waals surface area contributed by atoms with Crippen LogP contribution in [0.1, 0.15) is 30.6 Å². The monoisotopic (exact) mass is 402 g/mol. The smallest absolute Gasteiger partial charge is 0.261 e. The number of benzene rings is 2. The van der Waals surface area contributed by atoms with Crippen LogP contribution in [0.5, 0.6) is 11.5 Å². The molecule has 28 heavy (non-hydrogen) atoms. The number of rotatable bonds is 9. The van der Waals surface area contributed by atoms with Gasteiger partial charge in [-0.25, -0.2) is 0 Å². The molecule has 1 amide bonds. The van der Waals surface area contributed by atoms with E-state index in [1.165, 1.54) is 0 Å². The Labute approximate surface area is 171 Å². The Kier molecular flexibility index (Phi) is 8.71. The molecular weight excluding hydrogens is 376 g/mol. The molecule has 2 aromatic carbocycles. The molecule has 2 N–H and O–H groups in total. The van der Waals surface area contributed by atoms with Crippen molar-refractivity contribution in [3.63, 3.8) is 0 Å². The molecule has 2 rings (SSSR count). The molecule has 2 aromatic rings. The number of hydrogen-bond acceptors (Lipinski definition) is 5. The van der Waals surface area contributed by atoms with Gasteiger partial charge in [-0.3, -0.25) is 10.1 Å². The Balaban J connectivity index is 1.98. The van der Waals surface area contributed by atoms with Crippen LogP contribution in [0, 0.1) is 0 Å². The molecule has 0 radical (unpaired) electrons. The average Bonchev–Trinajstić information content (AvgIpc) is 2.68. The summed E-state index contributed by atoms with van der Waals surface area (Å²) in [5.41, 5.74) is 1.13. The van der Waals surface area contributed by atoms with Crippen LogP contribution in [0.3, 0.4) is 0 Å². The summed E-state index contributed by atoms with van der Waals surface area (Å²) < 4.78 is 16.4. The van der Waals surface area contributed by atoms with Gasteiger partial charge in [-0.2, -0.15) is 0 Å². The summed E-state index contributed by atoms with van der Waals surface area (Å²) >= 11 is 5.27. The van der Waals surface area contributed by atoms with Crippen molar-refractivity contribution in [2.45, 2.75) is 26.4 Å². The van der Waals surface area contributed by atoms with Gasteiger partial charge in [-0.15, -0.1) is 0 Å². The predicted molar refractivity (Wildman–Crippen MR) is 114 cm³/mol. The highest BCUT2D eigenvalue weighted by Crippen LogP contribution is 2.20. The van der Waals surface area contributed by atoms with E-state index in [0.29, 0.717) is 24.5 Å². The molecule has 0 saturated heterocycles. The van der Waals surface area contributed by atoms with E-state index in [0.717, 1.165) is 17.9 Å². The number of methoxy groups -OCH3 is 1. The molecule has 0 heterocycles. The molecule has 7 heteroatoms. The summed E-state index contributed by atoms with van der Waals surface area (Å²) in [6, 6.07) is 14.4. The lowest BCUT2D eigenvalue weighted by molar-refractivity contribution is 0.0970. The number of thiocarbonyl (C=S) groups is 1. The summed E-state index contributed by atoms with van der Waals surface area (Å²) in [6.07, 6.45) is 1.04. The SMILES string of the molecule is CCC(C)Oc1cccc(NC(=S)NC(=O)c2ccccc2OCCOC)c1. The van der Waals surface area contributed by atoms with E-state index < -0.39 is 0 Å². The summed E-state index contributed by atoms with van der Waals surface area (Å²) in [7, 11) is 1.59. The largest absolute Gasteiger partial charge is 0.491 e. The average molecular weight is 403 g/mol. The van der Waals surface area contributed by atoms with Crippen LogP contribution in [-0.4, -0.2) is 37.4 Å². The molecule has 0 spiro atoms. The van der Waals surface area contributed by atoms with Gasteiger partial charge in [0.05, 0.1) is 18.3 Å². The van der Waals surface area contributed by atoms with Crippen LogP contribution in [-0.2, 0) is 4.74 Å². The molecule has 0 aromatic heterocycles. The minimum Gasteiger partial charge on any atom is -0.491 e.